The van der Waals surface area contributed by atoms with Crippen molar-refractivity contribution in [3.8, 4) is 5.88 Å². The lowest BCUT2D eigenvalue weighted by molar-refractivity contribution is -0.115. The van der Waals surface area contributed by atoms with E-state index in [-0.39, 0.29) is 18.3 Å². The number of carbonyl (C=O) groups excluding carboxylic acids is 2. The molecule has 0 saturated carbocycles. The highest BCUT2D eigenvalue weighted by atomic mass is 16.5. The highest BCUT2D eigenvalue weighted by Crippen LogP contribution is 2.21. The fraction of sp³-hybridized carbons (Fsp3) is 0.316. The van der Waals surface area contributed by atoms with E-state index in [1.807, 2.05) is 39.8 Å². The van der Waals surface area contributed by atoms with Gasteiger partial charge in [-0.1, -0.05) is 17.7 Å². The number of ether oxygens (including phenoxy) is 1. The molecule has 2 aromatic rings. The fourth-order valence-corrected chi connectivity index (χ4v) is 2.63. The average Bonchev–Trinajstić information content (AvgIpc) is 2.56. The molecule has 0 radical (unpaired) electrons. The van der Waals surface area contributed by atoms with Crippen LogP contribution in [0.1, 0.15) is 34.0 Å². The van der Waals surface area contributed by atoms with Crippen molar-refractivity contribution in [2.45, 2.75) is 27.7 Å². The third-order valence-electron chi connectivity index (χ3n) is 3.65. The Bertz CT molecular complexity index is 764. The molecule has 132 valence electrons. The summed E-state index contributed by atoms with van der Waals surface area (Å²) in [4.78, 5) is 28.5. The average molecular weight is 341 g/mol. The zero-order chi connectivity index (χ0) is 18.4. The number of pyridine rings is 1. The zero-order valence-corrected chi connectivity index (χ0v) is 15.0. The molecule has 1 heterocycles. The number of benzene rings is 1. The molecular formula is C19H23N3O3. The lowest BCUT2D eigenvalue weighted by Gasteiger charge is -2.13. The number of nitrogens with one attached hydrogen (secondary N) is 2. The first-order valence-electron chi connectivity index (χ1n) is 8.16. The lowest BCUT2D eigenvalue weighted by Crippen LogP contribution is -2.33. The summed E-state index contributed by atoms with van der Waals surface area (Å²) >= 11 is 0. The van der Waals surface area contributed by atoms with Crippen LogP contribution in [-0.4, -0.2) is 29.9 Å². The Morgan fingerprint density at radius 3 is 2.48 bits per heavy atom. The van der Waals surface area contributed by atoms with Crippen LogP contribution in [-0.2, 0) is 4.79 Å². The van der Waals surface area contributed by atoms with E-state index in [1.165, 1.54) is 0 Å². The largest absolute Gasteiger partial charge is 0.477 e. The number of hydrogen-bond donors (Lipinski definition) is 2. The molecule has 0 aliphatic heterocycles. The number of carbonyl (C=O) groups is 2. The minimum absolute atomic E-state index is 0.133. The van der Waals surface area contributed by atoms with E-state index >= 15 is 0 Å². The molecule has 2 amide bonds. The van der Waals surface area contributed by atoms with Crippen LogP contribution in [0.25, 0.3) is 0 Å². The van der Waals surface area contributed by atoms with Gasteiger partial charge in [0.25, 0.3) is 5.91 Å². The van der Waals surface area contributed by atoms with Crippen LogP contribution in [0.4, 0.5) is 5.69 Å². The van der Waals surface area contributed by atoms with Gasteiger partial charge in [-0.2, -0.15) is 0 Å². The van der Waals surface area contributed by atoms with Gasteiger partial charge < -0.3 is 15.4 Å². The van der Waals surface area contributed by atoms with Crippen LogP contribution in [0.15, 0.2) is 30.5 Å². The van der Waals surface area contributed by atoms with Crippen LogP contribution in [0.5, 0.6) is 5.88 Å². The quantitative estimate of drug-likeness (QED) is 0.847. The molecule has 6 heteroatoms. The van der Waals surface area contributed by atoms with Crippen LogP contribution >= 0.6 is 0 Å². The van der Waals surface area contributed by atoms with Crippen molar-refractivity contribution in [1.29, 1.82) is 0 Å². The molecule has 2 N–H and O–H groups in total. The van der Waals surface area contributed by atoms with Gasteiger partial charge in [-0.05, 0) is 51.0 Å². The first-order valence-corrected chi connectivity index (χ1v) is 8.16. The van der Waals surface area contributed by atoms with E-state index in [0.717, 1.165) is 22.4 Å². The molecule has 0 aliphatic carbocycles. The number of hydrogen-bond acceptors (Lipinski definition) is 4. The van der Waals surface area contributed by atoms with Gasteiger partial charge in [0.15, 0.2) is 0 Å². The second-order valence-electron chi connectivity index (χ2n) is 5.79. The zero-order valence-electron chi connectivity index (χ0n) is 15.0. The topological polar surface area (TPSA) is 80.3 Å². The van der Waals surface area contributed by atoms with Gasteiger partial charge in [-0.3, -0.25) is 9.59 Å². The van der Waals surface area contributed by atoms with Gasteiger partial charge >= 0.3 is 0 Å². The second-order valence-corrected chi connectivity index (χ2v) is 5.79. The van der Waals surface area contributed by atoms with Gasteiger partial charge in [0, 0.05) is 11.9 Å². The van der Waals surface area contributed by atoms with Crippen molar-refractivity contribution in [2.24, 2.45) is 0 Å². The van der Waals surface area contributed by atoms with Crippen molar-refractivity contribution >= 4 is 17.5 Å². The van der Waals surface area contributed by atoms with E-state index in [2.05, 4.69) is 15.6 Å². The summed E-state index contributed by atoms with van der Waals surface area (Å²) in [6, 6.07) is 7.27. The SMILES string of the molecule is CCOc1ncccc1C(=O)NCC(=O)Nc1c(C)cc(C)cc1C. The van der Waals surface area contributed by atoms with Crippen LogP contribution in [0, 0.1) is 20.8 Å². The highest BCUT2D eigenvalue weighted by Gasteiger charge is 2.15. The van der Waals surface area contributed by atoms with Crippen LogP contribution < -0.4 is 15.4 Å². The predicted octanol–water partition coefficient (Wildman–Crippen LogP) is 2.77. The fourth-order valence-electron chi connectivity index (χ4n) is 2.63. The minimum atomic E-state index is -0.399. The number of nitrogens with zero attached hydrogens (tertiary/aromatic N) is 1. The Morgan fingerprint density at radius 1 is 1.16 bits per heavy atom. The Labute approximate surface area is 147 Å². The first kappa shape index (κ1) is 18.4. The van der Waals surface area contributed by atoms with E-state index in [1.54, 1.807) is 18.3 Å². The standard InChI is InChI=1S/C19H23N3O3/c1-5-25-19-15(7-6-8-20-19)18(24)21-11-16(23)22-17-13(3)9-12(2)10-14(17)4/h6-10H,5,11H2,1-4H3,(H,21,24)(H,22,23). The molecule has 1 aromatic carbocycles. The molecule has 1 aromatic heterocycles. The van der Waals surface area contributed by atoms with Gasteiger partial charge in [0.2, 0.25) is 11.8 Å². The predicted molar refractivity (Wildman–Crippen MR) is 97.0 cm³/mol. The van der Waals surface area contributed by atoms with Crippen molar-refractivity contribution in [3.05, 3.63) is 52.7 Å². The van der Waals surface area contributed by atoms with Gasteiger partial charge in [-0.15, -0.1) is 0 Å². The molecule has 0 spiro atoms. The molecule has 25 heavy (non-hydrogen) atoms. The van der Waals surface area contributed by atoms with Crippen LogP contribution in [0.3, 0.4) is 0 Å². The molecule has 6 nitrogen and oxygen atoms in total. The summed E-state index contributed by atoms with van der Waals surface area (Å²) in [5.41, 5.74) is 4.20. The maximum Gasteiger partial charge on any atom is 0.257 e. The number of aryl methyl sites for hydroxylation is 3. The van der Waals surface area contributed by atoms with E-state index < -0.39 is 5.91 Å². The Balaban J connectivity index is 2.00. The monoisotopic (exact) mass is 341 g/mol. The summed E-state index contributed by atoms with van der Waals surface area (Å²) in [5.74, 6) is -0.428. The third-order valence-corrected chi connectivity index (χ3v) is 3.65. The van der Waals surface area contributed by atoms with Crippen molar-refractivity contribution in [3.63, 3.8) is 0 Å². The summed E-state index contributed by atoms with van der Waals surface area (Å²) < 4.78 is 5.33. The smallest absolute Gasteiger partial charge is 0.257 e. The molecular weight excluding hydrogens is 318 g/mol. The molecule has 2 rings (SSSR count). The normalized spacial score (nSPS) is 10.2. The third kappa shape index (κ3) is 4.79. The van der Waals surface area contributed by atoms with Crippen LogP contribution in [0.2, 0.25) is 0 Å². The summed E-state index contributed by atoms with van der Waals surface area (Å²) in [5, 5.41) is 5.45. The van der Waals surface area contributed by atoms with E-state index in [9.17, 15) is 9.59 Å². The maximum atomic E-state index is 12.3. The number of amides is 2. The van der Waals surface area contributed by atoms with Crippen molar-refractivity contribution in [2.75, 3.05) is 18.5 Å². The van der Waals surface area contributed by atoms with Gasteiger partial charge in [0.05, 0.1) is 13.2 Å². The van der Waals surface area contributed by atoms with Gasteiger partial charge in [0.1, 0.15) is 5.56 Å². The van der Waals surface area contributed by atoms with Crippen molar-refractivity contribution in [1.82, 2.24) is 10.3 Å². The second kappa shape index (κ2) is 8.28. The Kier molecular flexibility index (Phi) is 6.11. The number of rotatable bonds is 6. The van der Waals surface area contributed by atoms with Crippen molar-refractivity contribution < 1.29 is 14.3 Å². The molecule has 0 saturated heterocycles. The first-order chi connectivity index (χ1) is 11.9. The Morgan fingerprint density at radius 2 is 1.84 bits per heavy atom. The summed E-state index contributed by atoms with van der Waals surface area (Å²) in [6.07, 6.45) is 1.55. The summed E-state index contributed by atoms with van der Waals surface area (Å²) in [6.45, 7) is 7.98. The van der Waals surface area contributed by atoms with E-state index in [4.69, 9.17) is 4.74 Å². The molecule has 0 aliphatic rings. The van der Waals surface area contributed by atoms with E-state index in [0.29, 0.717) is 12.2 Å². The number of anilines is 1. The lowest BCUT2D eigenvalue weighted by atomic mass is 10.1. The molecule has 0 atom stereocenters. The molecule has 0 bridgehead atoms. The Hall–Kier alpha value is -2.89. The maximum absolute atomic E-state index is 12.3. The summed E-state index contributed by atoms with van der Waals surface area (Å²) in [7, 11) is 0. The molecule has 0 unspecified atom stereocenters. The minimum Gasteiger partial charge on any atom is -0.477 e. The molecule has 0 fully saturated rings. The number of aromatic nitrogens is 1. The van der Waals surface area contributed by atoms with Gasteiger partial charge in [-0.25, -0.2) is 4.98 Å². The highest BCUT2D eigenvalue weighted by molar-refractivity contribution is 6.00.